The van der Waals surface area contributed by atoms with Gasteiger partial charge in [0.15, 0.2) is 0 Å². The summed E-state index contributed by atoms with van der Waals surface area (Å²) in [5, 5.41) is 3.70. The number of carbonyl (C=O) groups excluding carboxylic acids is 1. The van der Waals surface area contributed by atoms with Gasteiger partial charge in [0.2, 0.25) is 5.91 Å². The van der Waals surface area contributed by atoms with Gasteiger partial charge in [0.05, 0.1) is 0 Å². The fourth-order valence-electron chi connectivity index (χ4n) is 2.60. The minimum Gasteiger partial charge on any atom is -0.326 e. The largest absolute Gasteiger partial charge is 0.326 e. The molecule has 0 aromatic heterocycles. The highest BCUT2D eigenvalue weighted by atomic mass is 35.5. The normalized spacial score (nSPS) is 18.4. The lowest BCUT2D eigenvalue weighted by Crippen LogP contribution is -2.08. The maximum absolute atomic E-state index is 11.7. The number of hydrogen-bond acceptors (Lipinski definition) is 1. The minimum atomic E-state index is 0.0870. The Labute approximate surface area is 117 Å². The van der Waals surface area contributed by atoms with Crippen LogP contribution >= 0.6 is 11.6 Å². The van der Waals surface area contributed by atoms with E-state index in [1.807, 2.05) is 42.5 Å². The zero-order valence-corrected chi connectivity index (χ0v) is 11.2. The number of fused-ring (bicyclic) bond motifs is 1. The molecule has 3 rings (SSSR count). The van der Waals surface area contributed by atoms with Crippen LogP contribution in [0.15, 0.2) is 48.5 Å². The summed E-state index contributed by atoms with van der Waals surface area (Å²) in [7, 11) is 0. The number of amides is 1. The Balaban J connectivity index is 2.06. The minimum absolute atomic E-state index is 0.0870. The van der Waals surface area contributed by atoms with E-state index in [4.69, 9.17) is 11.6 Å². The third-order valence-electron chi connectivity index (χ3n) is 3.54. The van der Waals surface area contributed by atoms with Crippen LogP contribution in [0.3, 0.4) is 0 Å². The van der Waals surface area contributed by atoms with Crippen LogP contribution in [0.2, 0.25) is 5.02 Å². The predicted octanol–water partition coefficient (Wildman–Crippen LogP) is 4.20. The second kappa shape index (κ2) is 5.06. The number of anilines is 1. The van der Waals surface area contributed by atoms with E-state index < -0.39 is 0 Å². The molecule has 1 aliphatic heterocycles. The average Bonchev–Trinajstić information content (AvgIpc) is 2.58. The van der Waals surface area contributed by atoms with Crippen molar-refractivity contribution in [3.63, 3.8) is 0 Å². The van der Waals surface area contributed by atoms with Crippen LogP contribution in [0.25, 0.3) is 0 Å². The Kier molecular flexibility index (Phi) is 3.26. The Hall–Kier alpha value is -1.80. The van der Waals surface area contributed by atoms with Crippen LogP contribution in [0.5, 0.6) is 0 Å². The molecule has 0 radical (unpaired) electrons. The number of benzene rings is 2. The van der Waals surface area contributed by atoms with E-state index in [-0.39, 0.29) is 11.8 Å². The van der Waals surface area contributed by atoms with E-state index in [2.05, 4.69) is 11.4 Å². The smallest absolute Gasteiger partial charge is 0.224 e. The zero-order chi connectivity index (χ0) is 13.2. The molecular formula is C16H14ClNO. The van der Waals surface area contributed by atoms with Crippen molar-refractivity contribution in [3.8, 4) is 0 Å². The van der Waals surface area contributed by atoms with Gasteiger partial charge in [0, 0.05) is 23.0 Å². The van der Waals surface area contributed by atoms with Gasteiger partial charge in [0.1, 0.15) is 0 Å². The summed E-state index contributed by atoms with van der Waals surface area (Å²) >= 11 is 5.94. The summed E-state index contributed by atoms with van der Waals surface area (Å²) in [5.74, 6) is 0.330. The van der Waals surface area contributed by atoms with Crippen molar-refractivity contribution in [2.24, 2.45) is 0 Å². The van der Waals surface area contributed by atoms with E-state index >= 15 is 0 Å². The van der Waals surface area contributed by atoms with Crippen molar-refractivity contribution in [1.29, 1.82) is 0 Å². The quantitative estimate of drug-likeness (QED) is 0.827. The fourth-order valence-corrected chi connectivity index (χ4v) is 2.73. The number of hydrogen-bond donors (Lipinski definition) is 1. The van der Waals surface area contributed by atoms with Gasteiger partial charge in [-0.1, -0.05) is 41.9 Å². The number of halogens is 1. The van der Waals surface area contributed by atoms with Gasteiger partial charge in [-0.3, -0.25) is 4.79 Å². The number of para-hydroxylation sites is 1. The lowest BCUT2D eigenvalue weighted by molar-refractivity contribution is -0.116. The molecule has 2 aromatic carbocycles. The molecular weight excluding hydrogens is 258 g/mol. The van der Waals surface area contributed by atoms with Crippen molar-refractivity contribution in [2.45, 2.75) is 18.8 Å². The highest BCUT2D eigenvalue weighted by Crippen LogP contribution is 2.36. The first-order valence-corrected chi connectivity index (χ1v) is 6.76. The fraction of sp³-hybridized carbons (Fsp3) is 0.188. The van der Waals surface area contributed by atoms with E-state index in [1.165, 1.54) is 11.1 Å². The maximum Gasteiger partial charge on any atom is 0.224 e. The molecule has 0 spiro atoms. The molecule has 1 amide bonds. The van der Waals surface area contributed by atoms with Crippen molar-refractivity contribution in [2.75, 3.05) is 5.32 Å². The van der Waals surface area contributed by atoms with Crippen molar-refractivity contribution >= 4 is 23.2 Å². The summed E-state index contributed by atoms with van der Waals surface area (Å²) in [4.78, 5) is 11.7. The summed E-state index contributed by atoms with van der Waals surface area (Å²) in [6, 6.07) is 15.9. The summed E-state index contributed by atoms with van der Waals surface area (Å²) in [6.45, 7) is 0. The van der Waals surface area contributed by atoms with E-state index in [0.29, 0.717) is 6.42 Å². The Bertz CT molecular complexity index is 606. The molecule has 19 heavy (non-hydrogen) atoms. The average molecular weight is 272 g/mol. The molecule has 0 bridgehead atoms. The van der Waals surface area contributed by atoms with Crippen molar-refractivity contribution < 1.29 is 4.79 Å². The van der Waals surface area contributed by atoms with Crippen LogP contribution in [0.1, 0.15) is 29.9 Å². The van der Waals surface area contributed by atoms with Gasteiger partial charge in [-0.2, -0.15) is 0 Å². The van der Waals surface area contributed by atoms with Crippen LogP contribution in [-0.4, -0.2) is 5.91 Å². The molecule has 1 N–H and O–H groups in total. The zero-order valence-electron chi connectivity index (χ0n) is 10.4. The van der Waals surface area contributed by atoms with Crippen LogP contribution in [-0.2, 0) is 4.79 Å². The third kappa shape index (κ3) is 2.49. The molecule has 2 aromatic rings. The molecule has 0 saturated heterocycles. The van der Waals surface area contributed by atoms with Crippen LogP contribution < -0.4 is 5.32 Å². The maximum atomic E-state index is 11.7. The first kappa shape index (κ1) is 12.2. The van der Waals surface area contributed by atoms with Crippen molar-refractivity contribution in [3.05, 3.63) is 64.7 Å². The molecule has 2 nitrogen and oxygen atoms in total. The molecule has 1 aliphatic rings. The topological polar surface area (TPSA) is 29.1 Å². The molecule has 3 heteroatoms. The number of nitrogens with one attached hydrogen (secondary N) is 1. The highest BCUT2D eigenvalue weighted by Gasteiger charge is 2.22. The summed E-state index contributed by atoms with van der Waals surface area (Å²) < 4.78 is 0. The highest BCUT2D eigenvalue weighted by molar-refractivity contribution is 6.30. The Morgan fingerprint density at radius 2 is 1.79 bits per heavy atom. The van der Waals surface area contributed by atoms with E-state index in [9.17, 15) is 4.79 Å². The van der Waals surface area contributed by atoms with Gasteiger partial charge in [0.25, 0.3) is 0 Å². The first-order chi connectivity index (χ1) is 9.24. The Morgan fingerprint density at radius 3 is 2.58 bits per heavy atom. The summed E-state index contributed by atoms with van der Waals surface area (Å²) in [6.07, 6.45) is 1.37. The van der Waals surface area contributed by atoms with Gasteiger partial charge >= 0.3 is 0 Å². The van der Waals surface area contributed by atoms with Crippen LogP contribution in [0, 0.1) is 0 Å². The molecule has 0 saturated carbocycles. The Morgan fingerprint density at radius 1 is 1.05 bits per heavy atom. The van der Waals surface area contributed by atoms with E-state index in [1.54, 1.807) is 0 Å². The summed E-state index contributed by atoms with van der Waals surface area (Å²) in [5.41, 5.74) is 3.30. The molecule has 1 unspecified atom stereocenters. The van der Waals surface area contributed by atoms with Gasteiger partial charge in [-0.25, -0.2) is 0 Å². The van der Waals surface area contributed by atoms with Gasteiger partial charge < -0.3 is 5.32 Å². The molecule has 0 fully saturated rings. The lowest BCUT2D eigenvalue weighted by Gasteiger charge is -2.17. The molecule has 96 valence electrons. The lowest BCUT2D eigenvalue weighted by atomic mass is 9.87. The predicted molar refractivity (Wildman–Crippen MR) is 77.6 cm³/mol. The van der Waals surface area contributed by atoms with Gasteiger partial charge in [-0.05, 0) is 35.7 Å². The monoisotopic (exact) mass is 271 g/mol. The van der Waals surface area contributed by atoms with Crippen LogP contribution in [0.4, 0.5) is 5.69 Å². The van der Waals surface area contributed by atoms with Crippen molar-refractivity contribution in [1.82, 2.24) is 0 Å². The molecule has 0 aliphatic carbocycles. The number of carbonyl (C=O) groups is 1. The second-order valence-corrected chi connectivity index (χ2v) is 5.21. The SMILES string of the molecule is O=C1CCC(c2ccc(Cl)cc2)c2ccccc2N1. The number of rotatable bonds is 1. The standard InChI is InChI=1S/C16H14ClNO/c17-12-7-5-11(6-8-12)13-9-10-16(19)18-15-4-2-1-3-14(13)15/h1-8,13H,9-10H2,(H,18,19). The van der Waals surface area contributed by atoms with E-state index in [0.717, 1.165) is 17.1 Å². The van der Waals surface area contributed by atoms with Gasteiger partial charge in [-0.15, -0.1) is 0 Å². The third-order valence-corrected chi connectivity index (χ3v) is 3.79. The first-order valence-electron chi connectivity index (χ1n) is 6.38. The molecule has 1 atom stereocenters. The second-order valence-electron chi connectivity index (χ2n) is 4.78. The molecule has 1 heterocycles.